The van der Waals surface area contributed by atoms with Crippen molar-refractivity contribution in [2.75, 3.05) is 42.9 Å². The second-order valence-electron chi connectivity index (χ2n) is 10.5. The van der Waals surface area contributed by atoms with Gasteiger partial charge < -0.3 is 16.0 Å². The zero-order valence-corrected chi connectivity index (χ0v) is 21.9. The van der Waals surface area contributed by atoms with E-state index in [0.29, 0.717) is 16.9 Å². The van der Waals surface area contributed by atoms with Crippen molar-refractivity contribution in [2.24, 2.45) is 11.1 Å². The zero-order chi connectivity index (χ0) is 25.1. The number of hydrogen-bond donors (Lipinski definition) is 2. The molecule has 0 bridgehead atoms. The number of thiophene rings is 1. The van der Waals surface area contributed by atoms with Gasteiger partial charge in [0.15, 0.2) is 0 Å². The third kappa shape index (κ3) is 5.77. The summed E-state index contributed by atoms with van der Waals surface area (Å²) >= 11 is 1.81. The largest absolute Gasteiger partial charge is 0.369 e. The first-order valence-electron chi connectivity index (χ1n) is 12.6. The quantitative estimate of drug-likeness (QED) is 0.464. The topological polar surface area (TPSA) is 87.4 Å². The number of nitrogens with zero attached hydrogens (tertiary/aromatic N) is 4. The van der Waals surface area contributed by atoms with E-state index >= 15 is 0 Å². The molecule has 5 rings (SSSR count). The number of aromatic nitrogens is 2. The van der Waals surface area contributed by atoms with E-state index in [1.807, 2.05) is 41.7 Å². The van der Waals surface area contributed by atoms with Gasteiger partial charge in [0.25, 0.3) is 0 Å². The minimum atomic E-state index is -0.381. The predicted octanol–water partition coefficient (Wildman–Crippen LogP) is 5.17. The van der Waals surface area contributed by atoms with E-state index in [0.717, 1.165) is 56.9 Å². The molecule has 3 N–H and O–H groups in total. The van der Waals surface area contributed by atoms with Crippen molar-refractivity contribution in [1.29, 1.82) is 0 Å². The Bertz CT molecular complexity index is 1230. The number of anilines is 3. The number of allylic oxidation sites excluding steroid dienone is 1. The van der Waals surface area contributed by atoms with Gasteiger partial charge >= 0.3 is 0 Å². The molecule has 8 heteroatoms. The molecule has 0 radical (unpaired) electrons. The molecule has 0 unspecified atom stereocenters. The maximum Gasteiger partial charge on any atom is 0.248 e. The van der Waals surface area contributed by atoms with Gasteiger partial charge in [0, 0.05) is 66.6 Å². The average molecular weight is 503 g/mol. The SMILES string of the molecule is CC1(C)CCC(CN2CCN(c3ccc(C(N)=O)cc3)CC2)=C(c2cc(Nc3ncccn3)cs2)C1. The number of carbonyl (C=O) groups excluding carboxylic acids is 1. The monoisotopic (exact) mass is 502 g/mol. The number of nitrogens with one attached hydrogen (secondary N) is 1. The molecule has 1 saturated heterocycles. The molecule has 3 aromatic rings. The van der Waals surface area contributed by atoms with Gasteiger partial charge in [0.2, 0.25) is 11.9 Å². The van der Waals surface area contributed by atoms with Crippen LogP contribution < -0.4 is 16.0 Å². The molecule has 0 spiro atoms. The number of hydrogen-bond acceptors (Lipinski definition) is 7. The van der Waals surface area contributed by atoms with Crippen molar-refractivity contribution in [2.45, 2.75) is 33.1 Å². The van der Waals surface area contributed by atoms with Gasteiger partial charge in [-0.05, 0) is 66.6 Å². The van der Waals surface area contributed by atoms with E-state index in [2.05, 4.69) is 50.4 Å². The molecule has 36 heavy (non-hydrogen) atoms. The highest BCUT2D eigenvalue weighted by molar-refractivity contribution is 7.11. The molecule has 1 amide bonds. The number of piperazine rings is 1. The lowest BCUT2D eigenvalue weighted by molar-refractivity contribution is 0.100. The number of benzene rings is 1. The Kier molecular flexibility index (Phi) is 7.07. The first kappa shape index (κ1) is 24.5. The first-order chi connectivity index (χ1) is 17.4. The Morgan fingerprint density at radius 2 is 1.83 bits per heavy atom. The summed E-state index contributed by atoms with van der Waals surface area (Å²) < 4.78 is 0. The van der Waals surface area contributed by atoms with E-state index < -0.39 is 0 Å². The fourth-order valence-corrected chi connectivity index (χ4v) is 6.03. The summed E-state index contributed by atoms with van der Waals surface area (Å²) in [5, 5.41) is 5.50. The molecule has 3 heterocycles. The fourth-order valence-electron chi connectivity index (χ4n) is 5.09. The highest BCUT2D eigenvalue weighted by Gasteiger charge is 2.30. The smallest absolute Gasteiger partial charge is 0.248 e. The summed E-state index contributed by atoms with van der Waals surface area (Å²) in [6, 6.07) is 11.7. The molecule has 0 atom stereocenters. The highest BCUT2D eigenvalue weighted by Crippen LogP contribution is 2.45. The molecular formula is C28H34N6OS. The predicted molar refractivity (Wildman–Crippen MR) is 148 cm³/mol. The van der Waals surface area contributed by atoms with E-state index in [-0.39, 0.29) is 5.91 Å². The van der Waals surface area contributed by atoms with Crippen LogP contribution in [-0.2, 0) is 0 Å². The summed E-state index contributed by atoms with van der Waals surface area (Å²) in [5.74, 6) is 0.246. The third-order valence-corrected chi connectivity index (χ3v) is 8.20. The highest BCUT2D eigenvalue weighted by atomic mass is 32.1. The number of rotatable bonds is 7. The third-order valence-electron chi connectivity index (χ3n) is 7.21. The number of carbonyl (C=O) groups is 1. The molecule has 1 aromatic carbocycles. The summed E-state index contributed by atoms with van der Waals surface area (Å²) in [5.41, 5.74) is 11.6. The Morgan fingerprint density at radius 3 is 2.53 bits per heavy atom. The number of amides is 1. The van der Waals surface area contributed by atoms with E-state index in [1.54, 1.807) is 18.0 Å². The van der Waals surface area contributed by atoms with Gasteiger partial charge in [-0.2, -0.15) is 0 Å². The lowest BCUT2D eigenvalue weighted by Crippen LogP contribution is -2.47. The zero-order valence-electron chi connectivity index (χ0n) is 21.0. The van der Waals surface area contributed by atoms with Gasteiger partial charge in [-0.1, -0.05) is 19.4 Å². The summed E-state index contributed by atoms with van der Waals surface area (Å²) in [6.45, 7) is 9.82. The van der Waals surface area contributed by atoms with Crippen LogP contribution in [0.4, 0.5) is 17.3 Å². The van der Waals surface area contributed by atoms with Gasteiger partial charge in [-0.3, -0.25) is 9.69 Å². The van der Waals surface area contributed by atoms with Crippen LogP contribution in [0.15, 0.2) is 59.7 Å². The van der Waals surface area contributed by atoms with Gasteiger partial charge in [-0.15, -0.1) is 11.3 Å². The Hall–Kier alpha value is -3.23. The Labute approximate surface area is 217 Å². The molecule has 1 aliphatic heterocycles. The Morgan fingerprint density at radius 1 is 1.11 bits per heavy atom. The number of nitrogens with two attached hydrogens (primary N) is 1. The molecule has 1 aliphatic carbocycles. The van der Waals surface area contributed by atoms with Gasteiger partial charge in [-0.25, -0.2) is 9.97 Å². The lowest BCUT2D eigenvalue weighted by atomic mass is 9.74. The van der Waals surface area contributed by atoms with Crippen LogP contribution >= 0.6 is 11.3 Å². The minimum absolute atomic E-state index is 0.314. The minimum Gasteiger partial charge on any atom is -0.369 e. The summed E-state index contributed by atoms with van der Waals surface area (Å²) in [6.07, 6.45) is 6.99. The maximum absolute atomic E-state index is 11.4. The Balaban J connectivity index is 1.27. The van der Waals surface area contributed by atoms with E-state index in [9.17, 15) is 4.79 Å². The molecular weight excluding hydrogens is 468 g/mol. The van der Waals surface area contributed by atoms with Crippen molar-refractivity contribution in [1.82, 2.24) is 14.9 Å². The molecule has 0 saturated carbocycles. The van der Waals surface area contributed by atoms with Crippen LogP contribution in [0.25, 0.3) is 5.57 Å². The van der Waals surface area contributed by atoms with Crippen molar-refractivity contribution >= 4 is 40.1 Å². The van der Waals surface area contributed by atoms with Crippen LogP contribution in [-0.4, -0.2) is 53.5 Å². The van der Waals surface area contributed by atoms with Crippen LogP contribution in [0.1, 0.15) is 48.3 Å². The molecule has 188 valence electrons. The van der Waals surface area contributed by atoms with Crippen LogP contribution in [0.3, 0.4) is 0 Å². The van der Waals surface area contributed by atoms with Crippen molar-refractivity contribution in [3.63, 3.8) is 0 Å². The summed E-state index contributed by atoms with van der Waals surface area (Å²) in [7, 11) is 0. The van der Waals surface area contributed by atoms with E-state index in [1.165, 1.54) is 16.9 Å². The van der Waals surface area contributed by atoms with Gasteiger partial charge in [0.05, 0.1) is 5.69 Å². The maximum atomic E-state index is 11.4. The van der Waals surface area contributed by atoms with Crippen molar-refractivity contribution < 1.29 is 4.79 Å². The standard InChI is InChI=1S/C28H34N6OS/c1-28(2)9-8-21(24(17-28)25-16-22(19-36-25)32-27-30-10-3-11-31-27)18-33-12-14-34(15-13-33)23-6-4-20(5-7-23)26(29)35/h3-7,10-11,16,19H,8-9,12-15,17-18H2,1-2H3,(H2,29,35)(H,30,31,32). The van der Waals surface area contributed by atoms with Crippen LogP contribution in [0, 0.1) is 5.41 Å². The van der Waals surface area contributed by atoms with Gasteiger partial charge in [0.1, 0.15) is 0 Å². The molecule has 1 fully saturated rings. The van der Waals surface area contributed by atoms with Crippen LogP contribution in [0.2, 0.25) is 0 Å². The fraction of sp³-hybridized carbons (Fsp3) is 0.393. The van der Waals surface area contributed by atoms with Crippen molar-refractivity contribution in [3.05, 3.63) is 70.2 Å². The molecule has 7 nitrogen and oxygen atoms in total. The first-order valence-corrected chi connectivity index (χ1v) is 13.5. The van der Waals surface area contributed by atoms with Crippen LogP contribution in [0.5, 0.6) is 0 Å². The second-order valence-corrected chi connectivity index (χ2v) is 11.4. The molecule has 2 aromatic heterocycles. The summed E-state index contributed by atoms with van der Waals surface area (Å²) in [4.78, 5) is 26.3. The second kappa shape index (κ2) is 10.4. The van der Waals surface area contributed by atoms with E-state index in [4.69, 9.17) is 5.73 Å². The lowest BCUT2D eigenvalue weighted by Gasteiger charge is -2.39. The van der Waals surface area contributed by atoms with Crippen molar-refractivity contribution in [3.8, 4) is 0 Å². The average Bonchev–Trinajstić information content (AvgIpc) is 3.34. The number of primary amides is 1. The molecule has 2 aliphatic rings. The normalized spacial score (nSPS) is 18.3.